The Morgan fingerprint density at radius 3 is 2.41 bits per heavy atom. The van der Waals surface area contributed by atoms with Crippen molar-refractivity contribution in [1.29, 1.82) is 0 Å². The Labute approximate surface area is 180 Å². The second-order valence-electron chi connectivity index (χ2n) is 7.58. The van der Waals surface area contributed by atoms with Gasteiger partial charge in [0.15, 0.2) is 5.82 Å². The van der Waals surface area contributed by atoms with Crippen molar-refractivity contribution >= 4 is 17.6 Å². The fourth-order valence-electron chi connectivity index (χ4n) is 3.40. The van der Waals surface area contributed by atoms with Crippen LogP contribution < -0.4 is 9.64 Å². The van der Waals surface area contributed by atoms with Crippen LogP contribution in [0.2, 0.25) is 0 Å². The molecule has 1 aliphatic rings. The number of ether oxygens (including phenoxy) is 1. The normalized spacial score (nSPS) is 16.0. The van der Waals surface area contributed by atoms with Gasteiger partial charge in [0.05, 0.1) is 5.69 Å². The Bertz CT molecular complexity index is 1140. The van der Waals surface area contributed by atoms with Gasteiger partial charge in [-0.25, -0.2) is 19.4 Å². The number of rotatable bonds is 5. The lowest BCUT2D eigenvalue weighted by Gasteiger charge is -2.27. The van der Waals surface area contributed by atoms with Gasteiger partial charge in [0.2, 0.25) is 0 Å². The van der Waals surface area contributed by atoms with E-state index in [1.54, 1.807) is 55.3 Å². The Morgan fingerprint density at radius 2 is 1.78 bits per heavy atom. The molecule has 0 bridgehead atoms. The Kier molecular flexibility index (Phi) is 5.11. The predicted octanol–water partition coefficient (Wildman–Crippen LogP) is 3.91. The largest absolute Gasteiger partial charge is 0.573 e. The molecule has 166 valence electrons. The van der Waals surface area contributed by atoms with Gasteiger partial charge in [-0.2, -0.15) is 5.10 Å². The van der Waals surface area contributed by atoms with E-state index in [-0.39, 0.29) is 12.2 Å². The summed E-state index contributed by atoms with van der Waals surface area (Å²) in [5.41, 5.74) is -0.291. The van der Waals surface area contributed by atoms with Gasteiger partial charge in [0, 0.05) is 25.1 Å². The summed E-state index contributed by atoms with van der Waals surface area (Å²) in [4.78, 5) is 32.8. The number of carbonyl (C=O) groups is 2. The molecule has 2 aromatic heterocycles. The standard InChI is InChI=1S/C21H18F3N5O3/c1-20(2)18(30)29(15-4-6-16(7-5-15)32-21(22,23)24)19(31)27(20)13-14-8-10-25-17(12-14)28-11-3-9-26-28/h3-12H,13H2,1-2H3. The van der Waals surface area contributed by atoms with Crippen LogP contribution in [-0.4, -0.2) is 43.5 Å². The first-order valence-corrected chi connectivity index (χ1v) is 9.53. The van der Waals surface area contributed by atoms with Gasteiger partial charge in [-0.3, -0.25) is 4.79 Å². The zero-order valence-corrected chi connectivity index (χ0v) is 17.1. The number of benzene rings is 1. The van der Waals surface area contributed by atoms with Crippen molar-refractivity contribution in [3.8, 4) is 11.6 Å². The summed E-state index contributed by atoms with van der Waals surface area (Å²) in [5.74, 6) is -0.381. The molecule has 3 aromatic rings. The third kappa shape index (κ3) is 4.01. The zero-order chi connectivity index (χ0) is 23.1. The molecule has 1 aliphatic heterocycles. The van der Waals surface area contributed by atoms with E-state index in [0.29, 0.717) is 5.82 Å². The second kappa shape index (κ2) is 7.66. The molecule has 0 saturated carbocycles. The molecule has 0 unspecified atom stereocenters. The lowest BCUT2D eigenvalue weighted by atomic mass is 10.0. The number of carbonyl (C=O) groups excluding carboxylic acids is 2. The molecule has 1 saturated heterocycles. The number of alkyl halides is 3. The van der Waals surface area contributed by atoms with Gasteiger partial charge in [-0.15, -0.1) is 13.2 Å². The lowest BCUT2D eigenvalue weighted by Crippen LogP contribution is -2.43. The van der Waals surface area contributed by atoms with E-state index in [4.69, 9.17) is 0 Å². The van der Waals surface area contributed by atoms with Crippen molar-refractivity contribution in [2.75, 3.05) is 4.90 Å². The van der Waals surface area contributed by atoms with Gasteiger partial charge in [-0.1, -0.05) is 0 Å². The van der Waals surface area contributed by atoms with E-state index in [0.717, 1.165) is 22.6 Å². The van der Waals surface area contributed by atoms with Gasteiger partial charge < -0.3 is 9.64 Å². The molecule has 8 nitrogen and oxygen atoms in total. The summed E-state index contributed by atoms with van der Waals surface area (Å²) in [5, 5.41) is 4.13. The fourth-order valence-corrected chi connectivity index (χ4v) is 3.40. The highest BCUT2D eigenvalue weighted by molar-refractivity contribution is 6.22. The lowest BCUT2D eigenvalue weighted by molar-refractivity contribution is -0.274. The average Bonchev–Trinajstić information content (AvgIpc) is 3.31. The number of halogens is 3. The molecule has 11 heteroatoms. The van der Waals surface area contributed by atoms with Crippen LogP contribution >= 0.6 is 0 Å². The SMILES string of the molecule is CC1(C)C(=O)N(c2ccc(OC(F)(F)F)cc2)C(=O)N1Cc1ccnc(-n2cccn2)c1. The van der Waals surface area contributed by atoms with E-state index in [1.165, 1.54) is 17.0 Å². The van der Waals surface area contributed by atoms with E-state index in [9.17, 15) is 22.8 Å². The molecule has 4 rings (SSSR count). The highest BCUT2D eigenvalue weighted by Gasteiger charge is 2.51. The highest BCUT2D eigenvalue weighted by atomic mass is 19.4. The van der Waals surface area contributed by atoms with Crippen LogP contribution in [0.4, 0.5) is 23.7 Å². The Balaban J connectivity index is 1.58. The first-order valence-electron chi connectivity index (χ1n) is 9.53. The number of nitrogens with zero attached hydrogens (tertiary/aromatic N) is 5. The summed E-state index contributed by atoms with van der Waals surface area (Å²) in [6.45, 7) is 3.36. The summed E-state index contributed by atoms with van der Waals surface area (Å²) in [6.07, 6.45) is 0.0928. The van der Waals surface area contributed by atoms with Crippen LogP contribution in [0.5, 0.6) is 5.75 Å². The van der Waals surface area contributed by atoms with Crippen molar-refractivity contribution in [3.63, 3.8) is 0 Å². The van der Waals surface area contributed by atoms with Crippen LogP contribution in [0.15, 0.2) is 61.1 Å². The minimum absolute atomic E-state index is 0.125. The van der Waals surface area contributed by atoms with E-state index in [1.807, 2.05) is 0 Å². The number of hydrogen-bond donors (Lipinski definition) is 0. The van der Waals surface area contributed by atoms with Gasteiger partial charge >= 0.3 is 12.4 Å². The summed E-state index contributed by atoms with van der Waals surface area (Å²) < 4.78 is 42.6. The van der Waals surface area contributed by atoms with Crippen LogP contribution in [0.3, 0.4) is 0 Å². The molecular weight excluding hydrogens is 427 g/mol. The first-order chi connectivity index (χ1) is 15.1. The molecule has 1 fully saturated rings. The Hall–Kier alpha value is -3.89. The van der Waals surface area contributed by atoms with E-state index >= 15 is 0 Å². The van der Waals surface area contributed by atoms with Gasteiger partial charge in [0.1, 0.15) is 11.3 Å². The number of urea groups is 1. The zero-order valence-electron chi connectivity index (χ0n) is 17.1. The topological polar surface area (TPSA) is 80.6 Å². The van der Waals surface area contributed by atoms with Gasteiger partial charge in [-0.05, 0) is 61.9 Å². The van der Waals surface area contributed by atoms with Crippen LogP contribution in [0.25, 0.3) is 5.82 Å². The Morgan fingerprint density at radius 1 is 1.06 bits per heavy atom. The maximum absolute atomic E-state index is 13.2. The van der Waals surface area contributed by atoms with E-state index < -0.39 is 29.6 Å². The number of imide groups is 1. The van der Waals surface area contributed by atoms with Crippen LogP contribution in [-0.2, 0) is 11.3 Å². The third-order valence-corrected chi connectivity index (χ3v) is 5.04. The van der Waals surface area contributed by atoms with Crippen LogP contribution in [0.1, 0.15) is 19.4 Å². The third-order valence-electron chi connectivity index (χ3n) is 5.04. The molecule has 0 spiro atoms. The highest BCUT2D eigenvalue weighted by Crippen LogP contribution is 2.34. The van der Waals surface area contributed by atoms with Gasteiger partial charge in [0.25, 0.3) is 5.91 Å². The monoisotopic (exact) mass is 445 g/mol. The summed E-state index contributed by atoms with van der Waals surface area (Å²) in [6, 6.07) is 9.23. The number of anilines is 1. The van der Waals surface area contributed by atoms with Crippen molar-refractivity contribution < 1.29 is 27.5 Å². The molecule has 1 aromatic carbocycles. The van der Waals surface area contributed by atoms with Crippen molar-refractivity contribution in [3.05, 3.63) is 66.6 Å². The molecule has 0 aliphatic carbocycles. The maximum Gasteiger partial charge on any atom is 0.573 e. The molecular formula is C21H18F3N5O3. The van der Waals surface area contributed by atoms with Crippen LogP contribution in [0, 0.1) is 0 Å². The minimum atomic E-state index is -4.83. The number of aromatic nitrogens is 3. The molecule has 3 heterocycles. The molecule has 32 heavy (non-hydrogen) atoms. The van der Waals surface area contributed by atoms with E-state index in [2.05, 4.69) is 14.8 Å². The van der Waals surface area contributed by atoms with Crippen molar-refractivity contribution in [2.24, 2.45) is 0 Å². The molecule has 0 N–H and O–H groups in total. The van der Waals surface area contributed by atoms with Crippen molar-refractivity contribution in [2.45, 2.75) is 32.3 Å². The molecule has 0 atom stereocenters. The summed E-state index contributed by atoms with van der Waals surface area (Å²) in [7, 11) is 0. The molecule has 3 amide bonds. The average molecular weight is 445 g/mol. The fraction of sp³-hybridized carbons (Fsp3) is 0.238. The summed E-state index contributed by atoms with van der Waals surface area (Å²) >= 11 is 0. The molecule has 0 radical (unpaired) electrons. The number of hydrogen-bond acceptors (Lipinski definition) is 5. The quantitative estimate of drug-likeness (QED) is 0.557. The maximum atomic E-state index is 13.2. The second-order valence-corrected chi connectivity index (χ2v) is 7.58. The number of pyridine rings is 1. The smallest absolute Gasteiger partial charge is 0.406 e. The predicted molar refractivity (Wildman–Crippen MR) is 107 cm³/mol. The minimum Gasteiger partial charge on any atom is -0.406 e. The van der Waals surface area contributed by atoms with Crippen molar-refractivity contribution in [1.82, 2.24) is 19.7 Å². The first kappa shape index (κ1) is 21.3. The number of amides is 3.